The zero-order valence-corrected chi connectivity index (χ0v) is 48.8. The quantitative estimate of drug-likeness (QED) is 0.117. The third-order valence-electron chi connectivity index (χ3n) is 15.5. The molecule has 3 aliphatic heterocycles. The molecule has 3 aliphatic rings. The Hall–Kier alpha value is -7.76. The van der Waals surface area contributed by atoms with Crippen molar-refractivity contribution < 1.29 is 39.5 Å². The SMILES string of the molecule is [2H]c1c([2H])c([2H])c(-c2cccc(-c3c([2H])c([2H])c([2H])c([2H])c3[2H])c2N2[CH-]N(c3[c-]c(Oc4[c-]c5c(cc4)[Si]4(c6cc(C(C)(C)C)ccc6-c6ccc(C(C)(C)C)cc64)c4ccccc4N5c4cc(C(C)(C)C)ccn4)ccc3)c3ccccc32)c([2H])c1[2H].[Pt]. The van der Waals surface area contributed by atoms with Crippen LogP contribution < -0.4 is 40.2 Å². The van der Waals surface area contributed by atoms with Crippen LogP contribution in [0.1, 0.15) is 92.7 Å². The fourth-order valence-corrected chi connectivity index (χ4v) is 17.1. The molecule has 13 rings (SSSR count). The summed E-state index contributed by atoms with van der Waals surface area (Å²) in [5.74, 6) is 1.58. The maximum atomic E-state index is 9.16. The van der Waals surface area contributed by atoms with Crippen molar-refractivity contribution in [3.8, 4) is 44.9 Å². The van der Waals surface area contributed by atoms with E-state index in [1.165, 1.54) is 37.8 Å². The third kappa shape index (κ3) is 8.76. The van der Waals surface area contributed by atoms with Gasteiger partial charge in [-0.25, -0.2) is 4.98 Å². The van der Waals surface area contributed by atoms with Crippen LogP contribution in [0, 0.1) is 18.8 Å². The van der Waals surface area contributed by atoms with Crippen LogP contribution in [-0.4, -0.2) is 13.1 Å². The number of hydrogen-bond acceptors (Lipinski definition) is 5. The number of nitrogens with zero attached hydrogens (tertiary/aromatic N) is 4. The van der Waals surface area contributed by atoms with E-state index >= 15 is 0 Å². The molecule has 394 valence electrons. The van der Waals surface area contributed by atoms with E-state index < -0.39 is 68.5 Å². The third-order valence-corrected chi connectivity index (χ3v) is 20.4. The Balaban J connectivity index is 0.00000769. The first kappa shape index (κ1) is 41.3. The summed E-state index contributed by atoms with van der Waals surface area (Å²) in [4.78, 5) is 11.1. The van der Waals surface area contributed by atoms with Gasteiger partial charge in [-0.3, -0.25) is 0 Å². The molecule has 1 aromatic heterocycles. The minimum Gasteiger partial charge on any atom is -0.509 e. The van der Waals surface area contributed by atoms with Crippen molar-refractivity contribution in [2.75, 3.05) is 14.7 Å². The summed E-state index contributed by atoms with van der Waals surface area (Å²) < 4.78 is 95.3. The van der Waals surface area contributed by atoms with Crippen molar-refractivity contribution >= 4 is 68.8 Å². The minimum absolute atomic E-state index is 0. The summed E-state index contributed by atoms with van der Waals surface area (Å²) >= 11 is 0. The molecule has 0 amide bonds. The van der Waals surface area contributed by atoms with Gasteiger partial charge in [0.25, 0.3) is 0 Å². The molecule has 79 heavy (non-hydrogen) atoms. The predicted octanol–water partition coefficient (Wildman–Crippen LogP) is 16.2. The molecule has 0 unspecified atom stereocenters. The van der Waals surface area contributed by atoms with Gasteiger partial charge in [0.05, 0.1) is 13.7 Å². The van der Waals surface area contributed by atoms with Crippen molar-refractivity contribution in [1.82, 2.24) is 4.98 Å². The zero-order valence-electron chi connectivity index (χ0n) is 55.5. The van der Waals surface area contributed by atoms with Gasteiger partial charge in [-0.05, 0) is 101 Å². The Morgan fingerprint density at radius 1 is 0.481 bits per heavy atom. The van der Waals surface area contributed by atoms with Crippen molar-refractivity contribution in [2.24, 2.45) is 0 Å². The van der Waals surface area contributed by atoms with Gasteiger partial charge in [-0.2, -0.15) is 12.1 Å². The first-order chi connectivity index (χ1) is 41.7. The van der Waals surface area contributed by atoms with Crippen molar-refractivity contribution in [1.29, 1.82) is 0 Å². The molecule has 0 saturated carbocycles. The second-order valence-corrected chi connectivity index (χ2v) is 27.1. The van der Waals surface area contributed by atoms with Crippen LogP contribution in [0.4, 0.5) is 39.9 Å². The molecule has 4 heterocycles. The molecular formula is C72H63N4OPtSi-3. The Labute approximate surface area is 496 Å². The second kappa shape index (κ2) is 19.5. The number of benzene rings is 9. The van der Waals surface area contributed by atoms with Crippen molar-refractivity contribution in [3.63, 3.8) is 0 Å². The summed E-state index contributed by atoms with van der Waals surface area (Å²) in [5, 5.41) is 5.09. The van der Waals surface area contributed by atoms with E-state index in [9.17, 15) is 0 Å². The van der Waals surface area contributed by atoms with Crippen LogP contribution in [-0.2, 0) is 37.3 Å². The number of ether oxygens (including phenoxy) is 1. The van der Waals surface area contributed by atoms with Gasteiger partial charge in [0.2, 0.25) is 0 Å². The van der Waals surface area contributed by atoms with E-state index in [1.807, 2.05) is 59.6 Å². The number of fused-ring (bicyclic) bond motifs is 10. The molecule has 1 spiro atoms. The van der Waals surface area contributed by atoms with Gasteiger partial charge in [-0.15, -0.1) is 47.9 Å². The van der Waals surface area contributed by atoms with Gasteiger partial charge in [0, 0.05) is 72.6 Å². The molecule has 0 bridgehead atoms. The number of aromatic nitrogens is 1. The maximum absolute atomic E-state index is 9.16. The molecule has 0 aliphatic carbocycles. The summed E-state index contributed by atoms with van der Waals surface area (Å²) in [7, 11) is -3.21. The minimum atomic E-state index is -3.21. The molecule has 0 atom stereocenters. The van der Waals surface area contributed by atoms with Gasteiger partial charge in [0.15, 0.2) is 0 Å². The monoisotopic (exact) mass is 1230 g/mol. The Bertz CT molecular complexity index is 4380. The van der Waals surface area contributed by atoms with Crippen LogP contribution in [0.5, 0.6) is 11.5 Å². The van der Waals surface area contributed by atoms with Gasteiger partial charge >= 0.3 is 0 Å². The van der Waals surface area contributed by atoms with Crippen LogP contribution in [0.2, 0.25) is 0 Å². The molecule has 10 aromatic rings. The maximum Gasteiger partial charge on any atom is 0.135 e. The topological polar surface area (TPSA) is 31.8 Å². The standard InChI is InChI=1S/C72H63N4OSi.Pt/c1-70(2,3)50-34-37-58-59-38-35-51(71(4,5)6)43-67(59)78(66(58)42-50)64-33-19-18-32-62(64)76(68-44-52(40-41-73-68)72(7,8)9)63-46-55(36-39-65(63)78)77-54-27-20-26-53(45-54)74-47-75(61-31-17-16-30-60(61)74)69-56(48-22-12-10-13-23-48)28-21-29-57(69)49-24-14-11-15-25-49;/h10-44,47H,1-9H3;/q-3;/i10D,11D,12D,13D,14D,15D,22D,23D,24D,25D;. The smallest absolute Gasteiger partial charge is 0.135 e. The molecule has 0 radical (unpaired) electrons. The zero-order chi connectivity index (χ0) is 62.4. The molecule has 0 fully saturated rings. The van der Waals surface area contributed by atoms with Crippen LogP contribution >= 0.6 is 0 Å². The molecular weight excluding hydrogens is 1160 g/mol. The molecule has 0 N–H and O–H groups in total. The molecule has 9 aromatic carbocycles. The summed E-state index contributed by atoms with van der Waals surface area (Å²) in [6.07, 6.45) is 1.89. The second-order valence-electron chi connectivity index (χ2n) is 23.4. The summed E-state index contributed by atoms with van der Waals surface area (Å²) in [6.45, 7) is 22.1. The predicted molar refractivity (Wildman–Crippen MR) is 328 cm³/mol. The van der Waals surface area contributed by atoms with Crippen molar-refractivity contribution in [2.45, 2.75) is 78.6 Å². The van der Waals surface area contributed by atoms with E-state index in [4.69, 9.17) is 23.4 Å². The molecule has 7 heteroatoms. The fourth-order valence-electron chi connectivity index (χ4n) is 11.5. The van der Waals surface area contributed by atoms with E-state index in [2.05, 4.69) is 158 Å². The van der Waals surface area contributed by atoms with Crippen LogP contribution in [0.15, 0.2) is 212 Å². The Morgan fingerprint density at radius 3 is 1.61 bits per heavy atom. The average Bonchev–Trinajstić information content (AvgIpc) is 1.59. The summed E-state index contributed by atoms with van der Waals surface area (Å²) in [5.41, 5.74) is 9.68. The Kier molecular flexibility index (Phi) is 10.2. The van der Waals surface area contributed by atoms with E-state index in [1.54, 1.807) is 29.8 Å². The first-order valence-electron chi connectivity index (χ1n) is 31.5. The van der Waals surface area contributed by atoms with Gasteiger partial charge in [-0.1, -0.05) is 213 Å². The van der Waals surface area contributed by atoms with Crippen LogP contribution in [0.3, 0.4) is 0 Å². The van der Waals surface area contributed by atoms with Crippen LogP contribution in [0.25, 0.3) is 33.4 Å². The molecule has 0 saturated heterocycles. The number of pyridine rings is 1. The Morgan fingerprint density at radius 2 is 1.01 bits per heavy atom. The number of para-hydroxylation sites is 4. The molecule has 5 nitrogen and oxygen atoms in total. The van der Waals surface area contributed by atoms with Gasteiger partial charge < -0.3 is 19.4 Å². The average molecular weight is 1230 g/mol. The number of hydrogen-bond donors (Lipinski definition) is 0. The normalized spacial score (nSPS) is 15.8. The summed E-state index contributed by atoms with van der Waals surface area (Å²) in [6, 6.07) is 51.8. The number of rotatable bonds is 7. The van der Waals surface area contributed by atoms with E-state index in [0.29, 0.717) is 28.6 Å². The van der Waals surface area contributed by atoms with E-state index in [-0.39, 0.29) is 65.3 Å². The number of anilines is 7. The first-order valence-corrected chi connectivity index (χ1v) is 28.5. The van der Waals surface area contributed by atoms with Gasteiger partial charge in [0.1, 0.15) is 13.9 Å². The fraction of sp³-hybridized carbons (Fsp3) is 0.167. The largest absolute Gasteiger partial charge is 0.509 e. The van der Waals surface area contributed by atoms with Crippen molar-refractivity contribution in [3.05, 3.63) is 248 Å². The van der Waals surface area contributed by atoms with E-state index in [0.717, 1.165) is 27.9 Å².